The van der Waals surface area contributed by atoms with Crippen LogP contribution in [0.5, 0.6) is 0 Å². The molecule has 1 saturated heterocycles. The molecule has 1 amide bonds. The first kappa shape index (κ1) is 20.3. The molecule has 0 spiro atoms. The molecule has 1 aliphatic heterocycles. The number of rotatable bonds is 4. The lowest BCUT2D eigenvalue weighted by atomic mass is 10.1. The van der Waals surface area contributed by atoms with E-state index in [2.05, 4.69) is 0 Å². The highest BCUT2D eigenvalue weighted by Gasteiger charge is 2.33. The van der Waals surface area contributed by atoms with Gasteiger partial charge < -0.3 is 4.90 Å². The van der Waals surface area contributed by atoms with Crippen LogP contribution < -0.4 is 0 Å². The Morgan fingerprint density at radius 1 is 0.929 bits per heavy atom. The summed E-state index contributed by atoms with van der Waals surface area (Å²) in [6.07, 6.45) is 0.853. The molecule has 1 fully saturated rings. The molecular weight excluding hydrogens is 393 g/mol. The first-order valence-electron chi connectivity index (χ1n) is 8.77. The predicted octanol–water partition coefficient (Wildman–Crippen LogP) is 2.81. The van der Waals surface area contributed by atoms with Gasteiger partial charge in [0.25, 0.3) is 5.91 Å². The molecule has 0 unspecified atom stereocenters. The van der Waals surface area contributed by atoms with Crippen molar-refractivity contribution in [2.24, 2.45) is 0 Å². The SMILES string of the molecule is CCc1ccc(C(=O)N2CCN(S(=O)(=O)c3ccc(F)c(F)c3F)CC2)cc1. The fraction of sp³-hybridized carbons (Fsp3) is 0.316. The van der Waals surface area contributed by atoms with E-state index in [9.17, 15) is 26.4 Å². The molecule has 2 aromatic carbocycles. The third kappa shape index (κ3) is 3.77. The molecule has 0 saturated carbocycles. The summed E-state index contributed by atoms with van der Waals surface area (Å²) in [6, 6.07) is 8.45. The zero-order valence-electron chi connectivity index (χ0n) is 15.2. The highest BCUT2D eigenvalue weighted by molar-refractivity contribution is 7.89. The van der Waals surface area contributed by atoms with Crippen LogP contribution >= 0.6 is 0 Å². The number of amides is 1. The van der Waals surface area contributed by atoms with Gasteiger partial charge in [0, 0.05) is 31.7 Å². The topological polar surface area (TPSA) is 57.7 Å². The van der Waals surface area contributed by atoms with Gasteiger partial charge in [0.15, 0.2) is 17.5 Å². The second kappa shape index (κ2) is 7.92. The molecule has 2 aromatic rings. The summed E-state index contributed by atoms with van der Waals surface area (Å²) in [7, 11) is -4.34. The van der Waals surface area contributed by atoms with Gasteiger partial charge in [-0.2, -0.15) is 4.31 Å². The molecule has 0 atom stereocenters. The Kier molecular flexibility index (Phi) is 5.76. The van der Waals surface area contributed by atoms with Gasteiger partial charge in [0.05, 0.1) is 0 Å². The number of carbonyl (C=O) groups excluding carboxylic acids is 1. The number of hydrogen-bond donors (Lipinski definition) is 0. The molecular formula is C19H19F3N2O3S. The monoisotopic (exact) mass is 412 g/mol. The van der Waals surface area contributed by atoms with Crippen LogP contribution in [0.15, 0.2) is 41.3 Å². The Hall–Kier alpha value is -2.39. The van der Waals surface area contributed by atoms with Gasteiger partial charge in [0.2, 0.25) is 10.0 Å². The molecule has 28 heavy (non-hydrogen) atoms. The van der Waals surface area contributed by atoms with Crippen LogP contribution in [0.4, 0.5) is 13.2 Å². The lowest BCUT2D eigenvalue weighted by Crippen LogP contribution is -2.50. The van der Waals surface area contributed by atoms with Crippen LogP contribution in [-0.4, -0.2) is 49.7 Å². The Bertz CT molecular complexity index is 986. The molecule has 0 aliphatic carbocycles. The number of carbonyl (C=O) groups is 1. The average molecular weight is 412 g/mol. The van der Waals surface area contributed by atoms with Gasteiger partial charge >= 0.3 is 0 Å². The summed E-state index contributed by atoms with van der Waals surface area (Å²) in [5.74, 6) is -5.25. The minimum absolute atomic E-state index is 0.0699. The molecule has 1 aliphatic rings. The Balaban J connectivity index is 1.72. The third-order valence-corrected chi connectivity index (χ3v) is 6.67. The molecule has 1 heterocycles. The Morgan fingerprint density at radius 3 is 2.11 bits per heavy atom. The second-order valence-corrected chi connectivity index (χ2v) is 8.33. The highest BCUT2D eigenvalue weighted by atomic mass is 32.2. The van der Waals surface area contributed by atoms with Gasteiger partial charge in [-0.15, -0.1) is 0 Å². The lowest BCUT2D eigenvalue weighted by Gasteiger charge is -2.34. The van der Waals surface area contributed by atoms with Crippen LogP contribution in [0.3, 0.4) is 0 Å². The van der Waals surface area contributed by atoms with Crippen molar-refractivity contribution >= 4 is 15.9 Å². The average Bonchev–Trinajstić information content (AvgIpc) is 2.71. The van der Waals surface area contributed by atoms with Crippen molar-refractivity contribution in [3.63, 3.8) is 0 Å². The van der Waals surface area contributed by atoms with Gasteiger partial charge in [-0.05, 0) is 36.2 Å². The van der Waals surface area contributed by atoms with E-state index in [0.29, 0.717) is 17.7 Å². The summed E-state index contributed by atoms with van der Waals surface area (Å²) in [6.45, 7) is 2.09. The van der Waals surface area contributed by atoms with Crippen molar-refractivity contribution in [1.29, 1.82) is 0 Å². The number of benzene rings is 2. The van der Waals surface area contributed by atoms with Crippen molar-refractivity contribution in [3.05, 3.63) is 65.0 Å². The standard InChI is InChI=1S/C19H19F3N2O3S/c1-2-13-3-5-14(6-4-13)19(25)23-9-11-24(12-10-23)28(26,27)16-8-7-15(20)17(21)18(16)22/h3-8H,2,9-12H2,1H3. The Morgan fingerprint density at radius 2 is 1.54 bits per heavy atom. The number of sulfonamides is 1. The smallest absolute Gasteiger partial charge is 0.253 e. The van der Waals surface area contributed by atoms with Crippen LogP contribution in [0.1, 0.15) is 22.8 Å². The van der Waals surface area contributed by atoms with Gasteiger partial charge in [-0.25, -0.2) is 21.6 Å². The minimum Gasteiger partial charge on any atom is -0.336 e. The first-order valence-corrected chi connectivity index (χ1v) is 10.2. The van der Waals surface area contributed by atoms with E-state index in [1.165, 1.54) is 4.90 Å². The maximum absolute atomic E-state index is 13.9. The molecule has 9 heteroatoms. The molecule has 3 rings (SSSR count). The first-order chi connectivity index (χ1) is 13.3. The molecule has 0 radical (unpaired) electrons. The van der Waals surface area contributed by atoms with E-state index in [4.69, 9.17) is 0 Å². The summed E-state index contributed by atoms with van der Waals surface area (Å²) < 4.78 is 66.5. The second-order valence-electron chi connectivity index (χ2n) is 6.42. The van der Waals surface area contributed by atoms with Crippen molar-refractivity contribution in [3.8, 4) is 0 Å². The van der Waals surface area contributed by atoms with Crippen LogP contribution in [0.25, 0.3) is 0 Å². The van der Waals surface area contributed by atoms with E-state index in [1.807, 2.05) is 19.1 Å². The predicted molar refractivity (Wildman–Crippen MR) is 96.8 cm³/mol. The molecule has 0 N–H and O–H groups in total. The summed E-state index contributed by atoms with van der Waals surface area (Å²) in [5, 5.41) is 0. The van der Waals surface area contributed by atoms with Crippen molar-refractivity contribution in [2.75, 3.05) is 26.2 Å². The number of hydrogen-bond acceptors (Lipinski definition) is 3. The van der Waals surface area contributed by atoms with E-state index in [1.54, 1.807) is 12.1 Å². The lowest BCUT2D eigenvalue weighted by molar-refractivity contribution is 0.0697. The molecule has 0 aromatic heterocycles. The number of aryl methyl sites for hydroxylation is 1. The zero-order valence-corrected chi connectivity index (χ0v) is 16.0. The van der Waals surface area contributed by atoms with E-state index < -0.39 is 32.4 Å². The largest absolute Gasteiger partial charge is 0.336 e. The molecule has 0 bridgehead atoms. The fourth-order valence-electron chi connectivity index (χ4n) is 3.04. The number of nitrogens with zero attached hydrogens (tertiary/aromatic N) is 2. The van der Waals surface area contributed by atoms with Gasteiger partial charge in [-0.1, -0.05) is 19.1 Å². The third-order valence-electron chi connectivity index (χ3n) is 4.75. The number of halogens is 3. The van der Waals surface area contributed by atoms with E-state index >= 15 is 0 Å². The number of piperazine rings is 1. The van der Waals surface area contributed by atoms with Crippen molar-refractivity contribution < 1.29 is 26.4 Å². The summed E-state index contributed by atoms with van der Waals surface area (Å²) >= 11 is 0. The molecule has 5 nitrogen and oxygen atoms in total. The van der Waals surface area contributed by atoms with Crippen LogP contribution in [-0.2, 0) is 16.4 Å². The van der Waals surface area contributed by atoms with Gasteiger partial charge in [-0.3, -0.25) is 4.79 Å². The maximum Gasteiger partial charge on any atom is 0.253 e. The van der Waals surface area contributed by atoms with Gasteiger partial charge in [0.1, 0.15) is 4.90 Å². The van der Waals surface area contributed by atoms with Crippen LogP contribution in [0, 0.1) is 17.5 Å². The fourth-order valence-corrected chi connectivity index (χ4v) is 4.52. The van der Waals surface area contributed by atoms with E-state index in [0.717, 1.165) is 16.3 Å². The van der Waals surface area contributed by atoms with Crippen molar-refractivity contribution in [2.45, 2.75) is 18.2 Å². The highest BCUT2D eigenvalue weighted by Crippen LogP contribution is 2.24. The van der Waals surface area contributed by atoms with Crippen LogP contribution in [0.2, 0.25) is 0 Å². The quantitative estimate of drug-likeness (QED) is 0.726. The van der Waals surface area contributed by atoms with E-state index in [-0.39, 0.29) is 32.1 Å². The maximum atomic E-state index is 13.9. The minimum atomic E-state index is -4.34. The van der Waals surface area contributed by atoms with Crippen molar-refractivity contribution in [1.82, 2.24) is 9.21 Å². The summed E-state index contributed by atoms with van der Waals surface area (Å²) in [5.41, 5.74) is 1.60. The summed E-state index contributed by atoms with van der Waals surface area (Å²) in [4.78, 5) is 13.2. The molecule has 150 valence electrons. The Labute approximate surface area is 161 Å². The normalized spacial score (nSPS) is 15.6. The zero-order chi connectivity index (χ0) is 20.5.